The second-order valence-electron chi connectivity index (χ2n) is 5.22. The van der Waals surface area contributed by atoms with Gasteiger partial charge in [-0.1, -0.05) is 0 Å². The quantitative estimate of drug-likeness (QED) is 0.813. The summed E-state index contributed by atoms with van der Waals surface area (Å²) in [4.78, 5) is 0. The van der Waals surface area contributed by atoms with Gasteiger partial charge in [0, 0.05) is 24.7 Å². The topological polar surface area (TPSA) is 55.9 Å². The zero-order valence-corrected chi connectivity index (χ0v) is 10.4. The van der Waals surface area contributed by atoms with Gasteiger partial charge >= 0.3 is 0 Å². The van der Waals surface area contributed by atoms with Crippen molar-refractivity contribution < 1.29 is 0 Å². The van der Waals surface area contributed by atoms with E-state index in [0.29, 0.717) is 12.5 Å². The smallest absolute Gasteiger partial charge is 0.0703 e. The molecule has 2 heterocycles. The predicted octanol–water partition coefficient (Wildman–Crippen LogP) is 0.797. The summed E-state index contributed by atoms with van der Waals surface area (Å²) in [6.45, 7) is 3.84. The van der Waals surface area contributed by atoms with Crippen molar-refractivity contribution in [2.75, 3.05) is 19.6 Å². The fraction of sp³-hybridized carbons (Fsp3) is 0.769. The van der Waals surface area contributed by atoms with Crippen LogP contribution in [0.5, 0.6) is 0 Å². The van der Waals surface area contributed by atoms with E-state index in [0.717, 1.165) is 13.1 Å². The molecule has 4 nitrogen and oxygen atoms in total. The lowest BCUT2D eigenvalue weighted by Crippen LogP contribution is -2.29. The van der Waals surface area contributed by atoms with E-state index in [9.17, 15) is 0 Å². The Bertz CT molecular complexity index is 390. The van der Waals surface area contributed by atoms with Gasteiger partial charge in [-0.05, 0) is 44.2 Å². The highest BCUT2D eigenvalue weighted by atomic mass is 15.3. The molecular weight excluding hydrogens is 212 g/mol. The molecule has 1 aliphatic heterocycles. The van der Waals surface area contributed by atoms with Crippen molar-refractivity contribution in [3.63, 3.8) is 0 Å². The molecule has 0 saturated carbocycles. The van der Waals surface area contributed by atoms with Crippen LogP contribution in [0.15, 0.2) is 0 Å². The van der Waals surface area contributed by atoms with Crippen molar-refractivity contribution in [2.24, 2.45) is 5.73 Å². The lowest BCUT2D eigenvalue weighted by atomic mass is 9.93. The van der Waals surface area contributed by atoms with Crippen LogP contribution in [0.2, 0.25) is 0 Å². The molecule has 1 saturated heterocycles. The molecule has 3 N–H and O–H groups in total. The lowest BCUT2D eigenvalue weighted by molar-refractivity contribution is 0.446. The number of hydrogen-bond acceptors (Lipinski definition) is 3. The molecule has 2 aliphatic rings. The maximum atomic E-state index is 5.67. The van der Waals surface area contributed by atoms with E-state index in [-0.39, 0.29) is 0 Å². The minimum Gasteiger partial charge on any atom is -0.329 e. The Kier molecular flexibility index (Phi) is 3.16. The van der Waals surface area contributed by atoms with Gasteiger partial charge in [0.2, 0.25) is 0 Å². The average Bonchev–Trinajstić information content (AvgIpc) is 2.94. The molecule has 0 amide bonds. The molecule has 1 fully saturated rings. The molecule has 0 bridgehead atoms. The van der Waals surface area contributed by atoms with E-state index in [1.54, 1.807) is 5.56 Å². The van der Waals surface area contributed by atoms with E-state index < -0.39 is 0 Å². The van der Waals surface area contributed by atoms with E-state index in [1.165, 1.54) is 50.0 Å². The maximum absolute atomic E-state index is 5.67. The van der Waals surface area contributed by atoms with Crippen LogP contribution in [0.25, 0.3) is 0 Å². The molecule has 0 aromatic carbocycles. The third kappa shape index (κ3) is 2.00. The molecular formula is C13H22N4. The lowest BCUT2D eigenvalue weighted by Gasteiger charge is -2.21. The molecule has 4 heteroatoms. The van der Waals surface area contributed by atoms with Gasteiger partial charge in [-0.2, -0.15) is 5.10 Å². The summed E-state index contributed by atoms with van der Waals surface area (Å²) < 4.78 is 2.17. The van der Waals surface area contributed by atoms with Crippen LogP contribution >= 0.6 is 0 Å². The monoisotopic (exact) mass is 234 g/mol. The number of piperidine rings is 1. The van der Waals surface area contributed by atoms with Crippen LogP contribution in [0.4, 0.5) is 0 Å². The summed E-state index contributed by atoms with van der Waals surface area (Å²) in [5, 5.41) is 8.33. The number of hydrogen-bond donors (Lipinski definition) is 2. The van der Waals surface area contributed by atoms with Crippen molar-refractivity contribution in [2.45, 2.75) is 44.6 Å². The van der Waals surface area contributed by atoms with Crippen LogP contribution < -0.4 is 11.1 Å². The second kappa shape index (κ2) is 4.78. The highest BCUT2D eigenvalue weighted by Gasteiger charge is 2.27. The molecule has 94 valence electrons. The van der Waals surface area contributed by atoms with Gasteiger partial charge in [0.05, 0.1) is 12.2 Å². The molecule has 17 heavy (non-hydrogen) atoms. The van der Waals surface area contributed by atoms with Gasteiger partial charge in [-0.25, -0.2) is 0 Å². The molecule has 1 aliphatic carbocycles. The Morgan fingerprint density at radius 2 is 2.29 bits per heavy atom. The number of nitrogens with zero attached hydrogens (tertiary/aromatic N) is 2. The summed E-state index contributed by atoms with van der Waals surface area (Å²) in [6.07, 6.45) is 6.29. The molecule has 1 atom stereocenters. The van der Waals surface area contributed by atoms with Crippen molar-refractivity contribution in [1.82, 2.24) is 15.1 Å². The first kappa shape index (κ1) is 11.2. The fourth-order valence-corrected chi connectivity index (χ4v) is 3.26. The van der Waals surface area contributed by atoms with Crippen molar-refractivity contribution >= 4 is 0 Å². The van der Waals surface area contributed by atoms with Crippen LogP contribution in [-0.2, 0) is 19.4 Å². The largest absolute Gasteiger partial charge is 0.329 e. The SMILES string of the molecule is NCCn1nc(C2CCCNC2)c2c1CCC2. The van der Waals surface area contributed by atoms with Crippen LogP contribution in [0.1, 0.15) is 42.1 Å². The summed E-state index contributed by atoms with van der Waals surface area (Å²) in [5.74, 6) is 0.634. The Hall–Kier alpha value is -0.870. The Morgan fingerprint density at radius 1 is 1.35 bits per heavy atom. The van der Waals surface area contributed by atoms with Gasteiger partial charge in [-0.15, -0.1) is 0 Å². The zero-order valence-electron chi connectivity index (χ0n) is 10.4. The van der Waals surface area contributed by atoms with Crippen LogP contribution in [0, 0.1) is 0 Å². The van der Waals surface area contributed by atoms with E-state index in [2.05, 4.69) is 10.00 Å². The third-order valence-electron chi connectivity index (χ3n) is 4.06. The summed E-state index contributed by atoms with van der Waals surface area (Å²) in [5.41, 5.74) is 10.1. The second-order valence-corrected chi connectivity index (χ2v) is 5.22. The van der Waals surface area contributed by atoms with E-state index in [1.807, 2.05) is 0 Å². The molecule has 0 radical (unpaired) electrons. The molecule has 1 unspecified atom stereocenters. The first-order chi connectivity index (χ1) is 8.40. The Balaban J connectivity index is 1.90. The Morgan fingerprint density at radius 3 is 3.06 bits per heavy atom. The highest BCUT2D eigenvalue weighted by molar-refractivity contribution is 5.33. The standard InChI is InChI=1S/C13H22N4/c14-6-8-17-12-5-1-4-11(12)13(16-17)10-3-2-7-15-9-10/h10,15H,1-9,14H2. The first-order valence-corrected chi connectivity index (χ1v) is 6.89. The minimum atomic E-state index is 0.634. The van der Waals surface area contributed by atoms with E-state index in [4.69, 9.17) is 10.8 Å². The maximum Gasteiger partial charge on any atom is 0.0703 e. The average molecular weight is 234 g/mol. The number of fused-ring (bicyclic) bond motifs is 1. The molecule has 3 rings (SSSR count). The van der Waals surface area contributed by atoms with Crippen LogP contribution in [-0.4, -0.2) is 29.4 Å². The summed E-state index contributed by atoms with van der Waals surface area (Å²) in [6, 6.07) is 0. The molecule has 1 aromatic heterocycles. The minimum absolute atomic E-state index is 0.634. The number of aromatic nitrogens is 2. The first-order valence-electron chi connectivity index (χ1n) is 6.89. The van der Waals surface area contributed by atoms with Crippen molar-refractivity contribution in [3.05, 3.63) is 17.0 Å². The third-order valence-corrected chi connectivity index (χ3v) is 4.06. The number of nitrogens with one attached hydrogen (secondary N) is 1. The van der Waals surface area contributed by atoms with Crippen molar-refractivity contribution in [3.8, 4) is 0 Å². The number of rotatable bonds is 3. The highest BCUT2D eigenvalue weighted by Crippen LogP contribution is 2.32. The van der Waals surface area contributed by atoms with Gasteiger partial charge in [0.15, 0.2) is 0 Å². The number of nitrogens with two attached hydrogens (primary N) is 1. The van der Waals surface area contributed by atoms with Crippen LogP contribution in [0.3, 0.4) is 0 Å². The fourth-order valence-electron chi connectivity index (χ4n) is 3.26. The molecule has 0 spiro atoms. The van der Waals surface area contributed by atoms with Gasteiger partial charge in [0.25, 0.3) is 0 Å². The van der Waals surface area contributed by atoms with Gasteiger partial charge in [0.1, 0.15) is 0 Å². The normalized spacial score (nSPS) is 23.9. The van der Waals surface area contributed by atoms with Gasteiger partial charge < -0.3 is 11.1 Å². The summed E-state index contributed by atoms with van der Waals surface area (Å²) >= 11 is 0. The Labute approximate surface area is 103 Å². The predicted molar refractivity (Wildman–Crippen MR) is 68.2 cm³/mol. The summed E-state index contributed by atoms with van der Waals surface area (Å²) in [7, 11) is 0. The van der Waals surface area contributed by atoms with E-state index >= 15 is 0 Å². The van der Waals surface area contributed by atoms with Crippen molar-refractivity contribution in [1.29, 1.82) is 0 Å². The zero-order chi connectivity index (χ0) is 11.7. The van der Waals surface area contributed by atoms with Gasteiger partial charge in [-0.3, -0.25) is 4.68 Å². The molecule has 1 aromatic rings.